The van der Waals surface area contributed by atoms with Gasteiger partial charge < -0.3 is 25.0 Å². The van der Waals surface area contributed by atoms with Crippen LogP contribution >= 0.6 is 24.0 Å². The first kappa shape index (κ1) is 23.5. The Hall–Kier alpha value is -1.13. The lowest BCUT2D eigenvalue weighted by atomic mass is 9.51. The molecule has 1 aromatic heterocycles. The van der Waals surface area contributed by atoms with E-state index >= 15 is 0 Å². The van der Waals surface area contributed by atoms with Gasteiger partial charge in [-0.25, -0.2) is 4.98 Å². The summed E-state index contributed by atoms with van der Waals surface area (Å²) in [5.41, 5.74) is 1.53. The second-order valence-corrected chi connectivity index (χ2v) is 8.54. The number of rotatable bonds is 6. The Bertz CT molecular complexity index is 727. The van der Waals surface area contributed by atoms with Crippen molar-refractivity contribution in [3.8, 4) is 0 Å². The molecule has 4 rings (SSSR count). The lowest BCUT2D eigenvalue weighted by molar-refractivity contribution is -0.168. The third kappa shape index (κ3) is 4.85. The Kier molecular flexibility index (Phi) is 8.20. The standard InChI is InChI=1S/C22H35N5O2.HI/c1-4-28-19-13-18(22(19)7-5-8-22)26-21(23-3)25-14-17-6-9-24-20(12-17)27-10-11-29-16(2)15-27;/h6,9,12,16,18-19H,4-5,7-8,10-11,13-15H2,1-3H3,(H2,23,25,26);1H. The van der Waals surface area contributed by atoms with Crippen LogP contribution in [0.3, 0.4) is 0 Å². The molecule has 2 N–H and O–H groups in total. The number of hydrogen-bond acceptors (Lipinski definition) is 5. The fraction of sp³-hybridized carbons (Fsp3) is 0.727. The summed E-state index contributed by atoms with van der Waals surface area (Å²) in [5, 5.41) is 7.14. The van der Waals surface area contributed by atoms with E-state index in [1.54, 1.807) is 0 Å². The van der Waals surface area contributed by atoms with Crippen molar-refractivity contribution in [1.29, 1.82) is 0 Å². The average molecular weight is 529 g/mol. The van der Waals surface area contributed by atoms with E-state index in [2.05, 4.69) is 51.5 Å². The molecular formula is C22H36IN5O2. The molecule has 30 heavy (non-hydrogen) atoms. The summed E-state index contributed by atoms with van der Waals surface area (Å²) in [6, 6.07) is 4.69. The summed E-state index contributed by atoms with van der Waals surface area (Å²) in [5.74, 6) is 1.89. The fourth-order valence-electron chi connectivity index (χ4n) is 4.96. The smallest absolute Gasteiger partial charge is 0.191 e. The highest BCUT2D eigenvalue weighted by molar-refractivity contribution is 14.0. The molecule has 1 aliphatic heterocycles. The van der Waals surface area contributed by atoms with Gasteiger partial charge in [-0.1, -0.05) is 6.42 Å². The van der Waals surface area contributed by atoms with Crippen LogP contribution in [0.5, 0.6) is 0 Å². The maximum absolute atomic E-state index is 5.97. The first-order valence-electron chi connectivity index (χ1n) is 11.0. The van der Waals surface area contributed by atoms with Gasteiger partial charge in [0.15, 0.2) is 5.96 Å². The van der Waals surface area contributed by atoms with Crippen molar-refractivity contribution in [2.24, 2.45) is 10.4 Å². The Morgan fingerprint density at radius 1 is 1.43 bits per heavy atom. The van der Waals surface area contributed by atoms with Crippen molar-refractivity contribution in [3.05, 3.63) is 23.9 Å². The topological polar surface area (TPSA) is 71.0 Å². The van der Waals surface area contributed by atoms with Gasteiger partial charge in [-0.3, -0.25) is 4.99 Å². The van der Waals surface area contributed by atoms with E-state index in [0.717, 1.165) is 51.0 Å². The third-order valence-electron chi connectivity index (χ3n) is 6.81. The fourth-order valence-corrected chi connectivity index (χ4v) is 4.96. The molecule has 1 saturated heterocycles. The van der Waals surface area contributed by atoms with E-state index in [4.69, 9.17) is 9.47 Å². The highest BCUT2D eigenvalue weighted by Crippen LogP contribution is 2.57. The van der Waals surface area contributed by atoms with E-state index in [-0.39, 0.29) is 30.1 Å². The van der Waals surface area contributed by atoms with Gasteiger partial charge in [0.25, 0.3) is 0 Å². The molecule has 0 amide bonds. The number of nitrogens with one attached hydrogen (secondary N) is 2. The number of aliphatic imine (C=N–C) groups is 1. The van der Waals surface area contributed by atoms with Gasteiger partial charge in [-0.2, -0.15) is 0 Å². The quantitative estimate of drug-likeness (QED) is 0.336. The Labute approximate surface area is 197 Å². The lowest BCUT2D eigenvalue weighted by Gasteiger charge is -2.61. The van der Waals surface area contributed by atoms with Crippen LogP contribution in [0.15, 0.2) is 23.3 Å². The van der Waals surface area contributed by atoms with Crippen molar-refractivity contribution in [2.45, 2.75) is 64.3 Å². The summed E-state index contributed by atoms with van der Waals surface area (Å²) in [4.78, 5) is 11.3. The number of guanidine groups is 1. The molecule has 8 heteroatoms. The van der Waals surface area contributed by atoms with Crippen LogP contribution < -0.4 is 15.5 Å². The number of pyridine rings is 1. The van der Waals surface area contributed by atoms with E-state index in [1.807, 2.05) is 13.2 Å². The zero-order chi connectivity index (χ0) is 20.3. The second-order valence-electron chi connectivity index (χ2n) is 8.54. The first-order valence-corrected chi connectivity index (χ1v) is 11.0. The molecule has 2 aliphatic carbocycles. The van der Waals surface area contributed by atoms with E-state index < -0.39 is 0 Å². The number of morpholine rings is 1. The van der Waals surface area contributed by atoms with Crippen LogP contribution in [-0.4, -0.2) is 62.5 Å². The summed E-state index contributed by atoms with van der Waals surface area (Å²) >= 11 is 0. The number of nitrogens with zero attached hydrogens (tertiary/aromatic N) is 3. The molecule has 0 radical (unpaired) electrons. The van der Waals surface area contributed by atoms with Crippen LogP contribution in [0.2, 0.25) is 0 Å². The highest BCUT2D eigenvalue weighted by atomic mass is 127. The summed E-state index contributed by atoms with van der Waals surface area (Å²) in [6.07, 6.45) is 7.46. The van der Waals surface area contributed by atoms with Gasteiger partial charge >= 0.3 is 0 Å². The molecule has 2 saturated carbocycles. The summed E-state index contributed by atoms with van der Waals surface area (Å²) in [6.45, 7) is 8.27. The van der Waals surface area contributed by atoms with Crippen molar-refractivity contribution < 1.29 is 9.47 Å². The van der Waals surface area contributed by atoms with Gasteiger partial charge in [-0.05, 0) is 50.8 Å². The van der Waals surface area contributed by atoms with Crippen LogP contribution in [0.25, 0.3) is 0 Å². The van der Waals surface area contributed by atoms with Crippen molar-refractivity contribution in [3.63, 3.8) is 0 Å². The normalized spacial score (nSPS) is 27.6. The minimum atomic E-state index is 0. The number of anilines is 1. The van der Waals surface area contributed by atoms with Gasteiger partial charge in [0.05, 0.1) is 18.8 Å². The minimum absolute atomic E-state index is 0. The molecule has 1 aromatic rings. The van der Waals surface area contributed by atoms with Gasteiger partial charge in [-0.15, -0.1) is 24.0 Å². The molecule has 0 aromatic carbocycles. The predicted octanol–water partition coefficient (Wildman–Crippen LogP) is 2.94. The third-order valence-corrected chi connectivity index (χ3v) is 6.81. The molecule has 3 unspecified atom stereocenters. The first-order chi connectivity index (χ1) is 14.1. The highest BCUT2D eigenvalue weighted by Gasteiger charge is 2.59. The number of ether oxygens (including phenoxy) is 2. The van der Waals surface area contributed by atoms with Crippen molar-refractivity contribution >= 4 is 35.8 Å². The summed E-state index contributed by atoms with van der Waals surface area (Å²) < 4.78 is 11.6. The largest absolute Gasteiger partial charge is 0.378 e. The van der Waals surface area contributed by atoms with E-state index in [1.165, 1.54) is 24.8 Å². The lowest BCUT2D eigenvalue weighted by Crippen LogP contribution is -2.68. The van der Waals surface area contributed by atoms with Crippen LogP contribution in [0.4, 0.5) is 5.82 Å². The van der Waals surface area contributed by atoms with Crippen molar-refractivity contribution in [1.82, 2.24) is 15.6 Å². The Morgan fingerprint density at radius 3 is 2.93 bits per heavy atom. The number of hydrogen-bond donors (Lipinski definition) is 2. The Morgan fingerprint density at radius 2 is 2.27 bits per heavy atom. The number of aromatic nitrogens is 1. The molecule has 3 aliphatic rings. The minimum Gasteiger partial charge on any atom is -0.378 e. The van der Waals surface area contributed by atoms with E-state index in [0.29, 0.717) is 17.6 Å². The Balaban J connectivity index is 0.00000256. The second kappa shape index (κ2) is 10.5. The SMILES string of the molecule is CCOC1CC(NC(=NC)NCc2ccnc(N3CCOC(C)C3)c2)C12CCC2.I. The molecule has 1 spiro atoms. The molecule has 7 nitrogen and oxygen atoms in total. The summed E-state index contributed by atoms with van der Waals surface area (Å²) in [7, 11) is 1.84. The number of halogens is 1. The molecule has 0 bridgehead atoms. The molecular weight excluding hydrogens is 493 g/mol. The van der Waals surface area contributed by atoms with Crippen LogP contribution in [0.1, 0.15) is 45.1 Å². The maximum Gasteiger partial charge on any atom is 0.191 e. The maximum atomic E-state index is 5.97. The van der Waals surface area contributed by atoms with Crippen molar-refractivity contribution in [2.75, 3.05) is 38.3 Å². The molecule has 3 fully saturated rings. The zero-order valence-corrected chi connectivity index (χ0v) is 20.7. The van der Waals surface area contributed by atoms with Crippen LogP contribution in [0, 0.1) is 5.41 Å². The van der Waals surface area contributed by atoms with Gasteiger partial charge in [0, 0.05) is 50.9 Å². The average Bonchev–Trinajstić information content (AvgIpc) is 2.68. The van der Waals surface area contributed by atoms with Crippen LogP contribution in [-0.2, 0) is 16.0 Å². The zero-order valence-electron chi connectivity index (χ0n) is 18.4. The molecule has 2 heterocycles. The molecule has 168 valence electrons. The monoisotopic (exact) mass is 529 g/mol. The van der Waals surface area contributed by atoms with Gasteiger partial charge in [0.2, 0.25) is 0 Å². The van der Waals surface area contributed by atoms with Gasteiger partial charge in [0.1, 0.15) is 5.82 Å². The van der Waals surface area contributed by atoms with E-state index in [9.17, 15) is 0 Å². The molecule has 3 atom stereocenters. The predicted molar refractivity (Wildman–Crippen MR) is 131 cm³/mol.